The van der Waals surface area contributed by atoms with Crippen molar-refractivity contribution in [3.05, 3.63) is 231 Å². The van der Waals surface area contributed by atoms with Crippen LogP contribution in [0.4, 0.5) is 17.1 Å². The van der Waals surface area contributed by atoms with E-state index < -0.39 is 0 Å². The first-order chi connectivity index (χ1) is 29.2. The molecule has 0 unspecified atom stereocenters. The third-order valence-electron chi connectivity index (χ3n) is 11.6. The lowest BCUT2D eigenvalue weighted by Gasteiger charge is -2.26. The molecular weight excluding hydrogens is 713 g/mol. The van der Waals surface area contributed by atoms with Crippen molar-refractivity contribution in [2.24, 2.45) is 0 Å². The van der Waals surface area contributed by atoms with Gasteiger partial charge < -0.3 is 4.90 Å². The van der Waals surface area contributed by atoms with Gasteiger partial charge in [-0.25, -0.2) is 4.98 Å². The van der Waals surface area contributed by atoms with Crippen LogP contribution in [0, 0.1) is 0 Å². The van der Waals surface area contributed by atoms with Crippen molar-refractivity contribution in [2.75, 3.05) is 4.90 Å². The Morgan fingerprint density at radius 3 is 1.61 bits per heavy atom. The molecule has 2 heteroatoms. The first-order valence-electron chi connectivity index (χ1n) is 20.2. The highest BCUT2D eigenvalue weighted by molar-refractivity contribution is 6.22. The fraction of sp³-hybridized carbons (Fsp3) is 0. The highest BCUT2D eigenvalue weighted by Gasteiger charge is 2.18. The number of fused-ring (bicyclic) bond motifs is 6. The molecule has 0 fully saturated rings. The Balaban J connectivity index is 1.08. The molecule has 11 aromatic rings. The van der Waals surface area contributed by atoms with Crippen molar-refractivity contribution in [1.82, 2.24) is 4.98 Å². The van der Waals surface area contributed by atoms with E-state index in [-0.39, 0.29) is 0 Å². The van der Waals surface area contributed by atoms with Crippen LogP contribution in [-0.2, 0) is 0 Å². The maximum Gasteiger partial charge on any atom is 0.0788 e. The molecule has 0 atom stereocenters. The fourth-order valence-corrected chi connectivity index (χ4v) is 8.76. The quantitative estimate of drug-likeness (QED) is 0.151. The largest absolute Gasteiger partial charge is 0.310 e. The van der Waals surface area contributed by atoms with Gasteiger partial charge in [-0.15, -0.1) is 0 Å². The van der Waals surface area contributed by atoms with Crippen molar-refractivity contribution >= 4 is 60.3 Å². The molecule has 0 saturated heterocycles. The fourth-order valence-electron chi connectivity index (χ4n) is 8.76. The van der Waals surface area contributed by atoms with Gasteiger partial charge in [0, 0.05) is 38.8 Å². The van der Waals surface area contributed by atoms with Crippen LogP contribution in [0.5, 0.6) is 0 Å². The second-order valence-corrected chi connectivity index (χ2v) is 15.1. The molecule has 0 amide bonds. The summed E-state index contributed by atoms with van der Waals surface area (Å²) in [4.78, 5) is 7.87. The summed E-state index contributed by atoms with van der Waals surface area (Å²) in [5, 5.41) is 8.39. The van der Waals surface area contributed by atoms with E-state index in [1.54, 1.807) is 0 Å². The molecule has 0 aliphatic rings. The number of pyridine rings is 1. The molecule has 0 spiro atoms. The van der Waals surface area contributed by atoms with Gasteiger partial charge in [-0.2, -0.15) is 0 Å². The van der Waals surface area contributed by atoms with Crippen LogP contribution in [0.15, 0.2) is 231 Å². The SMILES string of the molecule is c1ccc(-c2ccc(-c3cc(-c4cccc(-c5nc6cc(N(c7ccccc7)c7ccccc7)ccc6c6c5ccc5ccccc56)c4)cc4ccccc34)cc2)cc1. The van der Waals surface area contributed by atoms with E-state index >= 15 is 0 Å². The van der Waals surface area contributed by atoms with Crippen molar-refractivity contribution < 1.29 is 0 Å². The molecule has 0 aliphatic heterocycles. The molecule has 1 heterocycles. The number of benzene rings is 10. The van der Waals surface area contributed by atoms with Crippen molar-refractivity contribution in [2.45, 2.75) is 0 Å². The van der Waals surface area contributed by atoms with E-state index in [2.05, 4.69) is 235 Å². The zero-order valence-electron chi connectivity index (χ0n) is 32.3. The Morgan fingerprint density at radius 2 is 0.864 bits per heavy atom. The first kappa shape index (κ1) is 34.4. The summed E-state index contributed by atoms with van der Waals surface area (Å²) < 4.78 is 0. The smallest absolute Gasteiger partial charge is 0.0788 e. The lowest BCUT2D eigenvalue weighted by molar-refractivity contribution is 1.28. The van der Waals surface area contributed by atoms with Gasteiger partial charge in [-0.3, -0.25) is 0 Å². The molecule has 0 N–H and O–H groups in total. The van der Waals surface area contributed by atoms with E-state index in [4.69, 9.17) is 4.98 Å². The van der Waals surface area contributed by atoms with Gasteiger partial charge in [0.25, 0.3) is 0 Å². The maximum atomic E-state index is 5.57. The lowest BCUT2D eigenvalue weighted by atomic mass is 9.91. The minimum atomic E-state index is 0.954. The zero-order chi connectivity index (χ0) is 39.1. The van der Waals surface area contributed by atoms with Crippen LogP contribution < -0.4 is 4.90 Å². The number of anilines is 3. The average Bonchev–Trinajstić information content (AvgIpc) is 3.32. The lowest BCUT2D eigenvalue weighted by Crippen LogP contribution is -2.09. The predicted molar refractivity (Wildman–Crippen MR) is 251 cm³/mol. The van der Waals surface area contributed by atoms with Gasteiger partial charge in [0.15, 0.2) is 0 Å². The summed E-state index contributed by atoms with van der Waals surface area (Å²) >= 11 is 0. The molecule has 1 aromatic heterocycles. The molecule has 11 rings (SSSR count). The van der Waals surface area contributed by atoms with E-state index in [1.807, 2.05) is 0 Å². The van der Waals surface area contributed by atoms with Crippen LogP contribution in [0.2, 0.25) is 0 Å². The number of nitrogens with zero attached hydrogens (tertiary/aromatic N) is 2. The number of rotatable bonds is 7. The Bertz CT molecular complexity index is 3260. The van der Waals surface area contributed by atoms with Crippen LogP contribution in [0.3, 0.4) is 0 Å². The van der Waals surface area contributed by atoms with Crippen LogP contribution in [0.1, 0.15) is 0 Å². The molecule has 10 aromatic carbocycles. The number of hydrogen-bond donors (Lipinski definition) is 0. The van der Waals surface area contributed by atoms with Crippen molar-refractivity contribution in [3.8, 4) is 44.6 Å². The van der Waals surface area contributed by atoms with Gasteiger partial charge in [0.2, 0.25) is 0 Å². The first-order valence-corrected chi connectivity index (χ1v) is 20.2. The van der Waals surface area contributed by atoms with Crippen LogP contribution in [-0.4, -0.2) is 4.98 Å². The second-order valence-electron chi connectivity index (χ2n) is 15.1. The molecule has 0 saturated carbocycles. The molecule has 276 valence electrons. The standard InChI is InChI=1S/C57H38N2/c1-4-15-39(16-5-1)40-27-29-42(30-28-40)54-37-46(36-44-18-11-12-25-50(44)54)43-19-14-20-45(35-43)57-53-33-31-41-17-10-13-26-51(41)56(53)52-34-32-49(38-55(52)58-57)59(47-21-6-2-7-22-47)48-23-8-3-9-24-48/h1-38H. The summed E-state index contributed by atoms with van der Waals surface area (Å²) in [6, 6.07) is 83.0. The van der Waals surface area contributed by atoms with E-state index in [9.17, 15) is 0 Å². The Kier molecular flexibility index (Phi) is 8.52. The molecule has 2 nitrogen and oxygen atoms in total. The normalized spacial score (nSPS) is 11.4. The molecule has 59 heavy (non-hydrogen) atoms. The maximum absolute atomic E-state index is 5.57. The Labute approximate surface area is 343 Å². The topological polar surface area (TPSA) is 16.1 Å². The number of aromatic nitrogens is 1. The summed E-state index contributed by atoms with van der Waals surface area (Å²) in [5.41, 5.74) is 13.4. The number of hydrogen-bond acceptors (Lipinski definition) is 2. The molecule has 0 aliphatic carbocycles. The molecule has 0 radical (unpaired) electrons. The summed E-state index contributed by atoms with van der Waals surface area (Å²) in [6.45, 7) is 0. The second kappa shape index (κ2) is 14.6. The minimum Gasteiger partial charge on any atom is -0.310 e. The van der Waals surface area contributed by atoms with Crippen LogP contribution >= 0.6 is 0 Å². The van der Waals surface area contributed by atoms with E-state index in [0.29, 0.717) is 0 Å². The van der Waals surface area contributed by atoms with Gasteiger partial charge >= 0.3 is 0 Å². The monoisotopic (exact) mass is 750 g/mol. The summed E-state index contributed by atoms with van der Waals surface area (Å²) in [6.07, 6.45) is 0. The Morgan fingerprint density at radius 1 is 0.288 bits per heavy atom. The summed E-state index contributed by atoms with van der Waals surface area (Å²) in [7, 11) is 0. The highest BCUT2D eigenvalue weighted by atomic mass is 15.1. The van der Waals surface area contributed by atoms with Gasteiger partial charge in [-0.1, -0.05) is 176 Å². The van der Waals surface area contributed by atoms with E-state index in [1.165, 1.54) is 54.7 Å². The highest BCUT2D eigenvalue weighted by Crippen LogP contribution is 2.42. The van der Waals surface area contributed by atoms with Gasteiger partial charge in [0.05, 0.1) is 11.2 Å². The average molecular weight is 751 g/mol. The van der Waals surface area contributed by atoms with Crippen molar-refractivity contribution in [3.63, 3.8) is 0 Å². The Hall–Kier alpha value is -7.81. The molecular formula is C57H38N2. The van der Waals surface area contributed by atoms with Gasteiger partial charge in [-0.05, 0) is 110 Å². The van der Waals surface area contributed by atoms with Gasteiger partial charge in [0.1, 0.15) is 0 Å². The third-order valence-corrected chi connectivity index (χ3v) is 11.6. The minimum absolute atomic E-state index is 0.954. The number of para-hydroxylation sites is 2. The van der Waals surface area contributed by atoms with Crippen molar-refractivity contribution in [1.29, 1.82) is 0 Å². The third kappa shape index (κ3) is 6.28. The predicted octanol–water partition coefficient (Wildman–Crippen LogP) is 15.8. The zero-order valence-corrected chi connectivity index (χ0v) is 32.3. The summed E-state index contributed by atoms with van der Waals surface area (Å²) in [5.74, 6) is 0. The van der Waals surface area contributed by atoms with E-state index in [0.717, 1.165) is 50.2 Å². The molecule has 0 bridgehead atoms. The van der Waals surface area contributed by atoms with Crippen LogP contribution in [0.25, 0.3) is 87.9 Å².